The summed E-state index contributed by atoms with van der Waals surface area (Å²) in [4.78, 5) is 11.1. The number of hydrogen-bond donors (Lipinski definition) is 0. The van der Waals surface area contributed by atoms with Crippen molar-refractivity contribution >= 4 is 28.4 Å². The Labute approximate surface area is 99.8 Å². The molecule has 0 N–H and O–H groups in total. The van der Waals surface area contributed by atoms with E-state index in [-0.39, 0.29) is 0 Å². The SMILES string of the molecule is C=CC(I)CCC1CCC(=O)C=C1C. The molecule has 14 heavy (non-hydrogen) atoms. The highest BCUT2D eigenvalue weighted by Gasteiger charge is 2.18. The highest BCUT2D eigenvalue weighted by atomic mass is 127. The predicted molar refractivity (Wildman–Crippen MR) is 68.7 cm³/mol. The first-order chi connectivity index (χ1) is 6.63. The summed E-state index contributed by atoms with van der Waals surface area (Å²) in [5.74, 6) is 0.929. The molecule has 0 bridgehead atoms. The maximum atomic E-state index is 11.1. The molecule has 0 spiro atoms. The van der Waals surface area contributed by atoms with Gasteiger partial charge in [-0.3, -0.25) is 4.79 Å². The topological polar surface area (TPSA) is 17.1 Å². The van der Waals surface area contributed by atoms with E-state index in [1.54, 1.807) is 0 Å². The summed E-state index contributed by atoms with van der Waals surface area (Å²) in [5.41, 5.74) is 1.27. The maximum Gasteiger partial charge on any atom is 0.155 e. The second-order valence-electron chi connectivity index (χ2n) is 3.92. The highest BCUT2D eigenvalue weighted by molar-refractivity contribution is 14.1. The molecule has 0 heterocycles. The van der Waals surface area contributed by atoms with Gasteiger partial charge < -0.3 is 0 Å². The lowest BCUT2D eigenvalue weighted by molar-refractivity contribution is -0.115. The second kappa shape index (κ2) is 5.69. The Bertz CT molecular complexity index is 255. The first-order valence-corrected chi connectivity index (χ1v) is 6.35. The number of halogens is 1. The average molecular weight is 304 g/mol. The standard InChI is InChI=1S/C12H17IO/c1-3-11(13)6-4-10-5-7-12(14)8-9(10)2/h3,8,10-11H,1,4-7H2,2H3. The van der Waals surface area contributed by atoms with Gasteiger partial charge in [0.05, 0.1) is 0 Å². The fourth-order valence-electron chi connectivity index (χ4n) is 1.84. The molecular weight excluding hydrogens is 287 g/mol. The third kappa shape index (κ3) is 3.56. The number of rotatable bonds is 4. The number of carbonyl (C=O) groups excluding carboxylic acids is 1. The van der Waals surface area contributed by atoms with Crippen LogP contribution in [-0.2, 0) is 4.79 Å². The van der Waals surface area contributed by atoms with Crippen molar-refractivity contribution in [3.63, 3.8) is 0 Å². The van der Waals surface area contributed by atoms with Crippen LogP contribution in [0.3, 0.4) is 0 Å². The quantitative estimate of drug-likeness (QED) is 0.440. The van der Waals surface area contributed by atoms with Crippen LogP contribution in [0.25, 0.3) is 0 Å². The monoisotopic (exact) mass is 304 g/mol. The van der Waals surface area contributed by atoms with Gasteiger partial charge in [0.2, 0.25) is 0 Å². The molecule has 1 rings (SSSR count). The minimum absolute atomic E-state index is 0.300. The van der Waals surface area contributed by atoms with Crippen LogP contribution in [0.1, 0.15) is 32.6 Å². The summed E-state index contributed by atoms with van der Waals surface area (Å²) >= 11 is 2.41. The molecule has 0 amide bonds. The van der Waals surface area contributed by atoms with Crippen LogP contribution in [-0.4, -0.2) is 9.71 Å². The van der Waals surface area contributed by atoms with E-state index in [9.17, 15) is 4.79 Å². The molecular formula is C12H17IO. The average Bonchev–Trinajstić information content (AvgIpc) is 2.16. The van der Waals surface area contributed by atoms with Crippen LogP contribution in [0.15, 0.2) is 24.3 Å². The van der Waals surface area contributed by atoms with Crippen LogP contribution in [0.2, 0.25) is 0 Å². The predicted octanol–water partition coefficient (Wildman–Crippen LogP) is 3.68. The Morgan fingerprint density at radius 3 is 3.07 bits per heavy atom. The lowest BCUT2D eigenvalue weighted by Crippen LogP contribution is -2.13. The van der Waals surface area contributed by atoms with Crippen molar-refractivity contribution in [2.45, 2.75) is 36.5 Å². The first kappa shape index (κ1) is 12.0. The van der Waals surface area contributed by atoms with Gasteiger partial charge in [0.1, 0.15) is 0 Å². The van der Waals surface area contributed by atoms with E-state index in [0.29, 0.717) is 15.6 Å². The molecule has 0 aromatic carbocycles. The van der Waals surface area contributed by atoms with Crippen molar-refractivity contribution in [1.82, 2.24) is 0 Å². The van der Waals surface area contributed by atoms with E-state index in [2.05, 4.69) is 36.1 Å². The minimum Gasteiger partial charge on any atom is -0.295 e. The molecule has 1 nitrogen and oxygen atoms in total. The summed E-state index contributed by atoms with van der Waals surface area (Å²) in [6.45, 7) is 5.86. The normalized spacial score (nSPS) is 24.3. The molecule has 2 heteroatoms. The number of alkyl halides is 1. The number of hydrogen-bond acceptors (Lipinski definition) is 1. The van der Waals surface area contributed by atoms with Crippen molar-refractivity contribution in [2.75, 3.05) is 0 Å². The van der Waals surface area contributed by atoms with Crippen molar-refractivity contribution < 1.29 is 4.79 Å². The first-order valence-electron chi connectivity index (χ1n) is 5.11. The second-order valence-corrected chi connectivity index (χ2v) is 5.52. The van der Waals surface area contributed by atoms with Gasteiger partial charge >= 0.3 is 0 Å². The van der Waals surface area contributed by atoms with Crippen LogP contribution in [0.5, 0.6) is 0 Å². The molecule has 1 aliphatic carbocycles. The third-order valence-corrected chi connectivity index (χ3v) is 3.95. The third-order valence-electron chi connectivity index (χ3n) is 2.82. The van der Waals surface area contributed by atoms with E-state index >= 15 is 0 Å². The van der Waals surface area contributed by atoms with Crippen molar-refractivity contribution in [3.05, 3.63) is 24.3 Å². The summed E-state index contributed by atoms with van der Waals surface area (Å²) < 4.78 is 0.568. The fourth-order valence-corrected chi connectivity index (χ4v) is 2.20. The summed E-state index contributed by atoms with van der Waals surface area (Å²) in [6, 6.07) is 0. The van der Waals surface area contributed by atoms with E-state index in [4.69, 9.17) is 0 Å². The minimum atomic E-state index is 0.300. The van der Waals surface area contributed by atoms with E-state index in [1.807, 2.05) is 12.2 Å². The van der Waals surface area contributed by atoms with E-state index in [1.165, 1.54) is 18.4 Å². The summed E-state index contributed by atoms with van der Waals surface area (Å²) in [6.07, 6.45) is 7.96. The van der Waals surface area contributed by atoms with E-state index < -0.39 is 0 Å². The van der Waals surface area contributed by atoms with Crippen LogP contribution in [0, 0.1) is 5.92 Å². The van der Waals surface area contributed by atoms with Crippen LogP contribution in [0.4, 0.5) is 0 Å². The number of carbonyl (C=O) groups is 1. The Balaban J connectivity index is 2.42. The van der Waals surface area contributed by atoms with Crippen molar-refractivity contribution in [3.8, 4) is 0 Å². The molecule has 2 atom stereocenters. The zero-order chi connectivity index (χ0) is 10.6. The maximum absolute atomic E-state index is 11.1. The largest absolute Gasteiger partial charge is 0.295 e. The lowest BCUT2D eigenvalue weighted by atomic mass is 9.84. The summed E-state index contributed by atoms with van der Waals surface area (Å²) in [5, 5.41) is 0. The molecule has 0 aliphatic heterocycles. The van der Waals surface area contributed by atoms with Gasteiger partial charge in [-0.2, -0.15) is 0 Å². The molecule has 0 saturated heterocycles. The Morgan fingerprint density at radius 2 is 2.50 bits per heavy atom. The van der Waals surface area contributed by atoms with Gasteiger partial charge in [0.15, 0.2) is 5.78 Å². The van der Waals surface area contributed by atoms with E-state index in [0.717, 1.165) is 12.8 Å². The molecule has 0 saturated carbocycles. The Kier molecular flexibility index (Phi) is 4.85. The Morgan fingerprint density at radius 1 is 1.79 bits per heavy atom. The number of ketones is 1. The van der Waals surface area contributed by atoms with Gasteiger partial charge in [-0.25, -0.2) is 0 Å². The lowest BCUT2D eigenvalue weighted by Gasteiger charge is -2.21. The zero-order valence-corrected chi connectivity index (χ0v) is 10.8. The van der Waals surface area contributed by atoms with Gasteiger partial charge in [-0.05, 0) is 38.2 Å². The zero-order valence-electron chi connectivity index (χ0n) is 8.63. The molecule has 2 unspecified atom stereocenters. The Hall–Kier alpha value is -0.120. The highest BCUT2D eigenvalue weighted by Crippen LogP contribution is 2.28. The van der Waals surface area contributed by atoms with Gasteiger partial charge in [-0.1, -0.05) is 34.2 Å². The van der Waals surface area contributed by atoms with Gasteiger partial charge in [0, 0.05) is 10.3 Å². The van der Waals surface area contributed by atoms with Crippen LogP contribution >= 0.6 is 22.6 Å². The van der Waals surface area contributed by atoms with Crippen molar-refractivity contribution in [2.24, 2.45) is 5.92 Å². The smallest absolute Gasteiger partial charge is 0.155 e. The molecule has 0 aromatic heterocycles. The number of allylic oxidation sites excluding steroid dienone is 3. The molecule has 0 fully saturated rings. The molecule has 0 radical (unpaired) electrons. The molecule has 78 valence electrons. The van der Waals surface area contributed by atoms with Gasteiger partial charge in [-0.15, -0.1) is 6.58 Å². The van der Waals surface area contributed by atoms with Crippen LogP contribution < -0.4 is 0 Å². The molecule has 0 aromatic rings. The summed E-state index contributed by atoms with van der Waals surface area (Å²) in [7, 11) is 0. The molecule has 1 aliphatic rings. The van der Waals surface area contributed by atoms with Crippen molar-refractivity contribution in [1.29, 1.82) is 0 Å². The van der Waals surface area contributed by atoms with Gasteiger partial charge in [0.25, 0.3) is 0 Å². The fraction of sp³-hybridized carbons (Fsp3) is 0.583.